The lowest BCUT2D eigenvalue weighted by atomic mass is 9.97. The minimum Gasteiger partial charge on any atom is -0.495 e. The SMILES string of the molecule is COc1ccc(CNC(=O)C(C)C(C)C)cc1S(N)(=O)=O. The average Bonchev–Trinajstić information content (AvgIpc) is 2.42. The molecule has 0 saturated carbocycles. The Morgan fingerprint density at radius 1 is 1.33 bits per heavy atom. The molecule has 1 atom stereocenters. The summed E-state index contributed by atoms with van der Waals surface area (Å²) in [6, 6.07) is 4.62. The van der Waals surface area contributed by atoms with Crippen LogP contribution in [0.5, 0.6) is 5.75 Å². The summed E-state index contributed by atoms with van der Waals surface area (Å²) >= 11 is 0. The number of rotatable bonds is 6. The van der Waals surface area contributed by atoms with E-state index in [1.165, 1.54) is 19.2 Å². The molecule has 0 saturated heterocycles. The van der Waals surface area contributed by atoms with Gasteiger partial charge in [-0.05, 0) is 23.6 Å². The number of carbonyl (C=O) groups excluding carboxylic acids is 1. The van der Waals surface area contributed by atoms with E-state index < -0.39 is 10.0 Å². The van der Waals surface area contributed by atoms with Gasteiger partial charge in [-0.25, -0.2) is 13.6 Å². The Balaban J connectivity index is 2.89. The number of carbonyl (C=O) groups is 1. The van der Waals surface area contributed by atoms with Crippen molar-refractivity contribution in [2.45, 2.75) is 32.2 Å². The second-order valence-electron chi connectivity index (χ2n) is 5.28. The van der Waals surface area contributed by atoms with Gasteiger partial charge in [0.05, 0.1) is 7.11 Å². The standard InChI is InChI=1S/C14H22N2O4S/c1-9(2)10(3)14(17)16-8-11-5-6-12(20-4)13(7-11)21(15,18)19/h5-7,9-10H,8H2,1-4H3,(H,16,17)(H2,15,18,19). The Morgan fingerprint density at radius 2 is 1.95 bits per heavy atom. The molecule has 0 bridgehead atoms. The summed E-state index contributed by atoms with van der Waals surface area (Å²) in [5, 5.41) is 7.93. The summed E-state index contributed by atoms with van der Waals surface area (Å²) in [5.74, 6) is 0.239. The van der Waals surface area contributed by atoms with Gasteiger partial charge in [-0.1, -0.05) is 26.8 Å². The van der Waals surface area contributed by atoms with E-state index in [0.29, 0.717) is 5.56 Å². The molecule has 6 nitrogen and oxygen atoms in total. The predicted octanol–water partition coefficient (Wildman–Crippen LogP) is 1.25. The topological polar surface area (TPSA) is 98.5 Å². The first kappa shape index (κ1) is 17.5. The lowest BCUT2D eigenvalue weighted by Crippen LogP contribution is -2.31. The first-order valence-electron chi connectivity index (χ1n) is 6.64. The molecule has 1 rings (SSSR count). The smallest absolute Gasteiger partial charge is 0.241 e. The van der Waals surface area contributed by atoms with Crippen LogP contribution in [0.15, 0.2) is 23.1 Å². The van der Waals surface area contributed by atoms with Crippen LogP contribution >= 0.6 is 0 Å². The number of nitrogens with one attached hydrogen (secondary N) is 1. The number of sulfonamides is 1. The normalized spacial score (nSPS) is 13.0. The molecule has 1 aromatic carbocycles. The highest BCUT2D eigenvalue weighted by atomic mass is 32.2. The first-order chi connectivity index (χ1) is 9.66. The Hall–Kier alpha value is -1.60. The van der Waals surface area contributed by atoms with Crippen LogP contribution in [0.4, 0.5) is 0 Å². The van der Waals surface area contributed by atoms with Gasteiger partial charge in [-0.3, -0.25) is 4.79 Å². The molecule has 0 aliphatic carbocycles. The zero-order valence-electron chi connectivity index (χ0n) is 12.7. The van der Waals surface area contributed by atoms with Crippen LogP contribution in [0, 0.1) is 11.8 Å². The highest BCUT2D eigenvalue weighted by Crippen LogP contribution is 2.23. The van der Waals surface area contributed by atoms with Gasteiger partial charge in [0.1, 0.15) is 10.6 Å². The second kappa shape index (κ2) is 6.91. The fourth-order valence-corrected chi connectivity index (χ4v) is 2.45. The van der Waals surface area contributed by atoms with E-state index in [1.54, 1.807) is 6.07 Å². The van der Waals surface area contributed by atoms with Crippen LogP contribution in [-0.2, 0) is 21.4 Å². The highest BCUT2D eigenvalue weighted by Gasteiger charge is 2.18. The van der Waals surface area contributed by atoms with Gasteiger partial charge in [0.25, 0.3) is 0 Å². The van der Waals surface area contributed by atoms with E-state index >= 15 is 0 Å². The van der Waals surface area contributed by atoms with Crippen LogP contribution in [0.2, 0.25) is 0 Å². The molecule has 0 radical (unpaired) electrons. The van der Waals surface area contributed by atoms with Gasteiger partial charge in [0, 0.05) is 12.5 Å². The number of amides is 1. The summed E-state index contributed by atoms with van der Waals surface area (Å²) in [4.78, 5) is 11.8. The Bertz CT molecular complexity index is 611. The van der Waals surface area contributed by atoms with Gasteiger partial charge in [-0.15, -0.1) is 0 Å². The second-order valence-corrected chi connectivity index (χ2v) is 6.81. The maximum Gasteiger partial charge on any atom is 0.241 e. The highest BCUT2D eigenvalue weighted by molar-refractivity contribution is 7.89. The molecule has 1 aromatic rings. The number of primary sulfonamides is 1. The summed E-state index contributed by atoms with van der Waals surface area (Å²) in [5.41, 5.74) is 0.643. The molecule has 118 valence electrons. The maximum atomic E-state index is 11.9. The molecule has 0 fully saturated rings. The van der Waals surface area contributed by atoms with E-state index in [9.17, 15) is 13.2 Å². The molecule has 21 heavy (non-hydrogen) atoms. The molecule has 0 aliphatic heterocycles. The molecule has 3 N–H and O–H groups in total. The van der Waals surface area contributed by atoms with Crippen molar-refractivity contribution < 1.29 is 17.9 Å². The Labute approximate surface area is 125 Å². The third-order valence-electron chi connectivity index (χ3n) is 3.41. The lowest BCUT2D eigenvalue weighted by molar-refractivity contribution is -0.125. The van der Waals surface area contributed by atoms with Gasteiger partial charge < -0.3 is 10.1 Å². The maximum absolute atomic E-state index is 11.9. The minimum absolute atomic E-state index is 0.0713. The molecule has 1 unspecified atom stereocenters. The van der Waals surface area contributed by atoms with Crippen molar-refractivity contribution in [3.63, 3.8) is 0 Å². The number of ether oxygens (including phenoxy) is 1. The van der Waals surface area contributed by atoms with Crippen molar-refractivity contribution >= 4 is 15.9 Å². The average molecular weight is 314 g/mol. The van der Waals surface area contributed by atoms with Gasteiger partial charge >= 0.3 is 0 Å². The zero-order chi connectivity index (χ0) is 16.2. The van der Waals surface area contributed by atoms with Gasteiger partial charge in [0.15, 0.2) is 0 Å². The van der Waals surface area contributed by atoms with E-state index in [-0.39, 0.29) is 34.9 Å². The molecule has 7 heteroatoms. The van der Waals surface area contributed by atoms with Crippen LogP contribution in [0.1, 0.15) is 26.3 Å². The number of benzene rings is 1. The number of methoxy groups -OCH3 is 1. The van der Waals surface area contributed by atoms with E-state index in [1.807, 2.05) is 20.8 Å². The minimum atomic E-state index is -3.87. The van der Waals surface area contributed by atoms with Crippen LogP contribution in [0.3, 0.4) is 0 Å². The fraction of sp³-hybridized carbons (Fsp3) is 0.500. The molecular weight excluding hydrogens is 292 g/mol. The van der Waals surface area contributed by atoms with Crippen molar-refractivity contribution in [2.24, 2.45) is 17.0 Å². The van der Waals surface area contributed by atoms with Crippen molar-refractivity contribution in [2.75, 3.05) is 7.11 Å². The molecule has 0 aliphatic rings. The fourth-order valence-electron chi connectivity index (χ4n) is 1.71. The first-order valence-corrected chi connectivity index (χ1v) is 8.19. The largest absolute Gasteiger partial charge is 0.495 e. The van der Waals surface area contributed by atoms with Crippen LogP contribution in [-0.4, -0.2) is 21.4 Å². The Kier molecular flexibility index (Phi) is 5.74. The van der Waals surface area contributed by atoms with Crippen molar-refractivity contribution in [3.05, 3.63) is 23.8 Å². The monoisotopic (exact) mass is 314 g/mol. The van der Waals surface area contributed by atoms with Crippen molar-refractivity contribution in [3.8, 4) is 5.75 Å². The lowest BCUT2D eigenvalue weighted by Gasteiger charge is -2.16. The predicted molar refractivity (Wildman–Crippen MR) is 80.2 cm³/mol. The Morgan fingerprint density at radius 3 is 2.43 bits per heavy atom. The summed E-state index contributed by atoms with van der Waals surface area (Å²) in [6.07, 6.45) is 0. The van der Waals surface area contributed by atoms with Crippen LogP contribution in [0.25, 0.3) is 0 Å². The van der Waals surface area contributed by atoms with Crippen LogP contribution < -0.4 is 15.2 Å². The third-order valence-corrected chi connectivity index (χ3v) is 4.35. The molecule has 0 aromatic heterocycles. The number of nitrogens with two attached hydrogens (primary N) is 1. The number of hydrogen-bond donors (Lipinski definition) is 2. The van der Waals surface area contributed by atoms with Crippen molar-refractivity contribution in [1.82, 2.24) is 5.32 Å². The molecule has 0 heterocycles. The summed E-state index contributed by atoms with van der Waals surface area (Å²) < 4.78 is 28.0. The van der Waals surface area contributed by atoms with Crippen molar-refractivity contribution in [1.29, 1.82) is 0 Å². The van der Waals surface area contributed by atoms with E-state index in [2.05, 4.69) is 5.32 Å². The summed E-state index contributed by atoms with van der Waals surface area (Å²) in [7, 11) is -2.50. The summed E-state index contributed by atoms with van der Waals surface area (Å²) in [6.45, 7) is 6.03. The third kappa shape index (κ3) is 4.71. The molecule has 0 spiro atoms. The number of hydrogen-bond acceptors (Lipinski definition) is 4. The molecular formula is C14H22N2O4S. The van der Waals surface area contributed by atoms with Gasteiger partial charge in [0.2, 0.25) is 15.9 Å². The zero-order valence-corrected chi connectivity index (χ0v) is 13.5. The van der Waals surface area contributed by atoms with E-state index in [0.717, 1.165) is 0 Å². The van der Waals surface area contributed by atoms with E-state index in [4.69, 9.17) is 9.88 Å². The molecule has 1 amide bonds. The van der Waals surface area contributed by atoms with Gasteiger partial charge in [-0.2, -0.15) is 0 Å². The quantitative estimate of drug-likeness (QED) is 0.825.